The molecule has 6 nitrogen and oxygen atoms in total. The van der Waals surface area contributed by atoms with Gasteiger partial charge in [-0.25, -0.2) is 15.0 Å². The number of ether oxygens (including phenoxy) is 2. The van der Waals surface area contributed by atoms with Crippen LogP contribution in [0.3, 0.4) is 0 Å². The molecule has 3 rings (SSSR count). The Kier molecular flexibility index (Phi) is 5.92. The Bertz CT molecular complexity index is 985. The minimum Gasteiger partial charge on any atom is -0.496 e. The maximum absolute atomic E-state index is 15.0. The van der Waals surface area contributed by atoms with Crippen LogP contribution in [0.5, 0.6) is 11.6 Å². The van der Waals surface area contributed by atoms with E-state index in [-0.39, 0.29) is 28.6 Å². The van der Waals surface area contributed by atoms with Gasteiger partial charge >= 0.3 is 12.5 Å². The molecule has 0 spiro atoms. The maximum atomic E-state index is 15.0. The SMILES string of the molecule is COc1ccc(C(F)(F)c2cnc(CO)nc2)cc1-c1ccnc(OC(F)F)c1. The fourth-order valence-corrected chi connectivity index (χ4v) is 2.63. The van der Waals surface area contributed by atoms with Gasteiger partial charge in [-0.2, -0.15) is 17.6 Å². The minimum absolute atomic E-state index is 0.0170. The molecule has 0 saturated heterocycles. The normalized spacial score (nSPS) is 11.6. The molecule has 10 heteroatoms. The maximum Gasteiger partial charge on any atom is 0.388 e. The Balaban J connectivity index is 2.04. The quantitative estimate of drug-likeness (QED) is 0.599. The van der Waals surface area contributed by atoms with E-state index in [9.17, 15) is 17.6 Å². The van der Waals surface area contributed by atoms with Gasteiger partial charge in [0.05, 0.1) is 12.7 Å². The second-order valence-corrected chi connectivity index (χ2v) is 5.80. The van der Waals surface area contributed by atoms with Crippen molar-refractivity contribution in [3.8, 4) is 22.8 Å². The van der Waals surface area contributed by atoms with Crippen molar-refractivity contribution in [2.75, 3.05) is 7.11 Å². The molecule has 0 atom stereocenters. The van der Waals surface area contributed by atoms with Gasteiger partial charge < -0.3 is 14.6 Å². The predicted octanol–water partition coefficient (Wildman–Crippen LogP) is 3.78. The summed E-state index contributed by atoms with van der Waals surface area (Å²) >= 11 is 0. The average molecular weight is 409 g/mol. The van der Waals surface area contributed by atoms with Gasteiger partial charge in [0.25, 0.3) is 0 Å². The Hall–Kier alpha value is -3.27. The van der Waals surface area contributed by atoms with Crippen LogP contribution in [0, 0.1) is 0 Å². The monoisotopic (exact) mass is 409 g/mol. The van der Waals surface area contributed by atoms with E-state index in [0.29, 0.717) is 5.56 Å². The second kappa shape index (κ2) is 8.39. The number of nitrogens with zero attached hydrogens (tertiary/aromatic N) is 3. The molecule has 0 unspecified atom stereocenters. The lowest BCUT2D eigenvalue weighted by molar-refractivity contribution is -0.0528. The number of aliphatic hydroxyl groups is 1. The number of hydrogen-bond donors (Lipinski definition) is 1. The Morgan fingerprint density at radius 3 is 2.38 bits per heavy atom. The van der Waals surface area contributed by atoms with E-state index < -0.39 is 24.7 Å². The number of halogens is 4. The molecular weight excluding hydrogens is 394 g/mol. The van der Waals surface area contributed by atoms with Crippen LogP contribution in [0.4, 0.5) is 17.6 Å². The van der Waals surface area contributed by atoms with E-state index in [1.165, 1.54) is 43.6 Å². The number of methoxy groups -OCH3 is 1. The zero-order chi connectivity index (χ0) is 21.0. The summed E-state index contributed by atoms with van der Waals surface area (Å²) < 4.78 is 64.4. The molecule has 152 valence electrons. The molecule has 29 heavy (non-hydrogen) atoms. The van der Waals surface area contributed by atoms with Gasteiger partial charge in [0.2, 0.25) is 5.88 Å². The first kappa shape index (κ1) is 20.5. The van der Waals surface area contributed by atoms with Gasteiger partial charge in [0.1, 0.15) is 12.4 Å². The van der Waals surface area contributed by atoms with E-state index in [1.807, 2.05) is 0 Å². The molecule has 2 heterocycles. The van der Waals surface area contributed by atoms with Crippen LogP contribution in [-0.2, 0) is 12.5 Å². The largest absolute Gasteiger partial charge is 0.496 e. The smallest absolute Gasteiger partial charge is 0.388 e. The molecule has 2 aromatic heterocycles. The summed E-state index contributed by atoms with van der Waals surface area (Å²) in [6.45, 7) is -3.54. The van der Waals surface area contributed by atoms with E-state index in [0.717, 1.165) is 12.4 Å². The molecule has 0 saturated carbocycles. The molecular formula is C19H15F4N3O3. The summed E-state index contributed by atoms with van der Waals surface area (Å²) in [7, 11) is 1.36. The zero-order valence-corrected chi connectivity index (χ0v) is 15.0. The first-order valence-electron chi connectivity index (χ1n) is 8.25. The molecule has 0 aliphatic carbocycles. The van der Waals surface area contributed by atoms with Gasteiger partial charge in [-0.3, -0.25) is 0 Å². The number of benzene rings is 1. The minimum atomic E-state index is -3.45. The summed E-state index contributed by atoms with van der Waals surface area (Å²) in [5, 5.41) is 8.96. The first-order valence-corrected chi connectivity index (χ1v) is 8.25. The van der Waals surface area contributed by atoms with Crippen molar-refractivity contribution < 1.29 is 32.1 Å². The van der Waals surface area contributed by atoms with Crippen molar-refractivity contribution in [1.82, 2.24) is 15.0 Å². The molecule has 0 aliphatic rings. The zero-order valence-electron chi connectivity index (χ0n) is 15.0. The van der Waals surface area contributed by atoms with Crippen molar-refractivity contribution >= 4 is 0 Å². The molecule has 0 aliphatic heterocycles. The van der Waals surface area contributed by atoms with E-state index in [4.69, 9.17) is 9.84 Å². The standard InChI is InChI=1S/C19H15F4N3O3/c1-28-15-3-2-12(19(22,23)13-8-25-16(10-27)26-9-13)7-14(15)11-4-5-24-17(6-11)29-18(20)21/h2-9,18,27H,10H2,1H3. The van der Waals surface area contributed by atoms with E-state index >= 15 is 0 Å². The molecule has 0 fully saturated rings. The van der Waals surface area contributed by atoms with Crippen LogP contribution in [0.15, 0.2) is 48.9 Å². The van der Waals surface area contributed by atoms with Gasteiger partial charge in [-0.15, -0.1) is 0 Å². The fraction of sp³-hybridized carbons (Fsp3) is 0.211. The molecule has 1 aromatic carbocycles. The Morgan fingerprint density at radius 1 is 1.03 bits per heavy atom. The average Bonchev–Trinajstić information content (AvgIpc) is 2.73. The molecule has 3 aromatic rings. The lowest BCUT2D eigenvalue weighted by Crippen LogP contribution is -2.17. The van der Waals surface area contributed by atoms with Crippen molar-refractivity contribution in [2.24, 2.45) is 0 Å². The lowest BCUT2D eigenvalue weighted by atomic mass is 9.97. The molecule has 0 amide bonds. The first-order chi connectivity index (χ1) is 13.8. The van der Waals surface area contributed by atoms with E-state index in [2.05, 4.69) is 19.7 Å². The van der Waals surface area contributed by atoms with Gasteiger partial charge in [-0.05, 0) is 29.8 Å². The van der Waals surface area contributed by atoms with Crippen molar-refractivity contribution in [3.05, 3.63) is 65.9 Å². The van der Waals surface area contributed by atoms with Crippen molar-refractivity contribution in [3.63, 3.8) is 0 Å². The van der Waals surface area contributed by atoms with Crippen molar-refractivity contribution in [1.29, 1.82) is 0 Å². The van der Waals surface area contributed by atoms with Gasteiger partial charge in [0.15, 0.2) is 5.82 Å². The van der Waals surface area contributed by atoms with E-state index in [1.54, 1.807) is 0 Å². The van der Waals surface area contributed by atoms with Crippen LogP contribution < -0.4 is 9.47 Å². The summed E-state index contributed by atoms with van der Waals surface area (Å²) in [5.41, 5.74) is -0.319. The summed E-state index contributed by atoms with van der Waals surface area (Å²) in [6.07, 6.45) is 3.09. The highest BCUT2D eigenvalue weighted by molar-refractivity contribution is 5.72. The number of rotatable bonds is 7. The molecule has 1 N–H and O–H groups in total. The number of alkyl halides is 4. The van der Waals surface area contributed by atoms with Crippen molar-refractivity contribution in [2.45, 2.75) is 19.1 Å². The number of aromatic nitrogens is 3. The Morgan fingerprint density at radius 2 is 1.76 bits per heavy atom. The summed E-state index contributed by atoms with van der Waals surface area (Å²) in [5.74, 6) is -3.54. The van der Waals surface area contributed by atoms with Gasteiger partial charge in [0, 0.05) is 35.8 Å². The lowest BCUT2D eigenvalue weighted by Gasteiger charge is -2.19. The van der Waals surface area contributed by atoms with Crippen LogP contribution in [0.2, 0.25) is 0 Å². The predicted molar refractivity (Wildman–Crippen MR) is 93.8 cm³/mol. The molecule has 0 radical (unpaired) electrons. The highest BCUT2D eigenvalue weighted by Crippen LogP contribution is 2.40. The third-order valence-corrected chi connectivity index (χ3v) is 4.03. The molecule has 0 bridgehead atoms. The second-order valence-electron chi connectivity index (χ2n) is 5.80. The van der Waals surface area contributed by atoms with Crippen LogP contribution >= 0.6 is 0 Å². The highest BCUT2D eigenvalue weighted by atomic mass is 19.3. The fourth-order valence-electron chi connectivity index (χ4n) is 2.63. The van der Waals surface area contributed by atoms with Crippen LogP contribution in [0.25, 0.3) is 11.1 Å². The third-order valence-electron chi connectivity index (χ3n) is 4.03. The third kappa shape index (κ3) is 4.43. The van der Waals surface area contributed by atoms with Crippen LogP contribution in [-0.4, -0.2) is 33.8 Å². The summed E-state index contributed by atoms with van der Waals surface area (Å²) in [6, 6.07) is 6.36. The number of aliphatic hydroxyl groups excluding tert-OH is 1. The van der Waals surface area contributed by atoms with Gasteiger partial charge in [-0.1, -0.05) is 0 Å². The summed E-state index contributed by atoms with van der Waals surface area (Å²) in [4.78, 5) is 11.0. The Labute approximate surface area is 162 Å². The highest BCUT2D eigenvalue weighted by Gasteiger charge is 2.35. The number of hydrogen-bond acceptors (Lipinski definition) is 6. The number of pyridine rings is 1. The van der Waals surface area contributed by atoms with Crippen LogP contribution in [0.1, 0.15) is 17.0 Å². The topological polar surface area (TPSA) is 77.4 Å².